The molecule has 1 saturated heterocycles. The Kier molecular flexibility index (Phi) is 12.8. The summed E-state index contributed by atoms with van der Waals surface area (Å²) in [5, 5.41) is 14.1. The number of benzene rings is 2. The third-order valence-electron chi connectivity index (χ3n) is 8.16. The van der Waals surface area contributed by atoms with Crippen LogP contribution in [0.4, 0.5) is 8.78 Å². The zero-order valence-corrected chi connectivity index (χ0v) is 29.1. The van der Waals surface area contributed by atoms with Gasteiger partial charge in [-0.15, -0.1) is 5.56 Å². The number of fused-ring (bicyclic) bond motifs is 1. The fraction of sp³-hybridized carbons (Fsp3) is 0.314. The van der Waals surface area contributed by atoms with E-state index in [1.165, 1.54) is 14.1 Å². The number of methoxy groups -OCH3 is 1. The van der Waals surface area contributed by atoms with Crippen molar-refractivity contribution in [3.05, 3.63) is 110 Å². The van der Waals surface area contributed by atoms with Gasteiger partial charge in [0.25, 0.3) is 0 Å². The van der Waals surface area contributed by atoms with Crippen molar-refractivity contribution in [2.24, 2.45) is 14.1 Å². The summed E-state index contributed by atoms with van der Waals surface area (Å²) in [7, 11) is 4.31. The van der Waals surface area contributed by atoms with E-state index in [0.29, 0.717) is 30.7 Å². The number of pyridine rings is 2. The first kappa shape index (κ1) is 37.8. The van der Waals surface area contributed by atoms with Gasteiger partial charge in [0.05, 0.1) is 25.5 Å². The van der Waals surface area contributed by atoms with E-state index < -0.39 is 29.5 Å². The maximum Gasteiger partial charge on any atom is 2.00 e. The number of nitrogens with zero attached hydrogens (tertiary/aromatic N) is 4. The summed E-state index contributed by atoms with van der Waals surface area (Å²) >= 11 is 6.82. The predicted molar refractivity (Wildman–Crippen MR) is 178 cm³/mol. The van der Waals surface area contributed by atoms with Gasteiger partial charge in [-0.25, -0.2) is 18.6 Å². The molecule has 14 heteroatoms. The predicted octanol–water partition coefficient (Wildman–Crippen LogP) is 4.79. The maximum absolute atomic E-state index is 12.5. The van der Waals surface area contributed by atoms with E-state index in [0.717, 1.165) is 55.1 Å². The van der Waals surface area contributed by atoms with Gasteiger partial charge in [-0.3, -0.25) is 0 Å². The minimum atomic E-state index is -2.77. The number of rotatable bonds is 7. The number of hydrogen-bond acceptors (Lipinski definition) is 8. The molecule has 0 bridgehead atoms. The van der Waals surface area contributed by atoms with Crippen LogP contribution < -0.4 is 21.3 Å². The molecule has 2 aromatic carbocycles. The second-order valence-corrected chi connectivity index (χ2v) is 11.6. The van der Waals surface area contributed by atoms with Gasteiger partial charge >= 0.3 is 22.8 Å². The number of aliphatic hydroxyl groups excluding tert-OH is 1. The zero-order chi connectivity index (χ0) is 34.5. The molecule has 1 aliphatic heterocycles. The molecule has 5 aromatic rings. The number of nitrogens with one attached hydrogen (secondary N) is 1. The Morgan fingerprint density at radius 3 is 2.55 bits per heavy atom. The number of aliphatic hydroxyl groups is 1. The molecule has 0 spiro atoms. The van der Waals surface area contributed by atoms with E-state index >= 15 is 0 Å². The topological polar surface area (TPSA) is 120 Å². The summed E-state index contributed by atoms with van der Waals surface area (Å²) in [6, 6.07) is 20.1. The third kappa shape index (κ3) is 8.26. The Labute approximate surface area is 297 Å². The molecule has 1 aliphatic rings. The fourth-order valence-corrected chi connectivity index (χ4v) is 5.75. The summed E-state index contributed by atoms with van der Waals surface area (Å²) in [5.41, 5.74) is 3.97. The van der Waals surface area contributed by atoms with Gasteiger partial charge in [-0.05, 0) is 29.6 Å². The summed E-state index contributed by atoms with van der Waals surface area (Å²) in [4.78, 5) is 31.4. The minimum Gasteiger partial charge on any atom is -0.481 e. The third-order valence-corrected chi connectivity index (χ3v) is 8.56. The van der Waals surface area contributed by atoms with Crippen LogP contribution in [0.25, 0.3) is 33.3 Å². The summed E-state index contributed by atoms with van der Waals surface area (Å²) in [5.74, 6) is 0.539. The van der Waals surface area contributed by atoms with Crippen LogP contribution in [0.2, 0.25) is 5.02 Å². The molecule has 3 aromatic heterocycles. The van der Waals surface area contributed by atoms with Crippen LogP contribution >= 0.6 is 11.6 Å². The zero-order valence-electron chi connectivity index (χ0n) is 27.1. The Hall–Kier alpha value is -3.97. The van der Waals surface area contributed by atoms with Gasteiger partial charge in [0.15, 0.2) is 5.56 Å². The normalized spacial score (nSPS) is 15.8. The molecule has 2 N–H and O–H groups in total. The molecule has 0 unspecified atom stereocenters. The molecular weight excluding hydrogens is 699 g/mol. The van der Waals surface area contributed by atoms with E-state index in [1.807, 2.05) is 55.5 Å². The average Bonchev–Trinajstić information content (AvgIpc) is 3.10. The number of hydrogen-bond donors (Lipinski definition) is 2. The van der Waals surface area contributed by atoms with Crippen molar-refractivity contribution < 1.29 is 40.4 Å². The molecular formula is C35H34ClF2MnN5O5. The Morgan fingerprint density at radius 2 is 1.86 bits per heavy atom. The van der Waals surface area contributed by atoms with Crippen molar-refractivity contribution in [2.45, 2.75) is 38.5 Å². The van der Waals surface area contributed by atoms with E-state index in [4.69, 9.17) is 26.1 Å². The largest absolute Gasteiger partial charge is 2.00 e. The molecule has 1 fully saturated rings. The van der Waals surface area contributed by atoms with E-state index in [1.54, 1.807) is 7.11 Å². The Morgan fingerprint density at radius 1 is 1.12 bits per heavy atom. The Bertz CT molecular complexity index is 2060. The number of aromatic nitrogens is 4. The summed E-state index contributed by atoms with van der Waals surface area (Å²) < 4.78 is 37.8. The molecule has 4 heterocycles. The fourth-order valence-electron chi connectivity index (χ4n) is 5.42. The van der Waals surface area contributed by atoms with Crippen LogP contribution in [0.1, 0.15) is 29.7 Å². The van der Waals surface area contributed by atoms with Gasteiger partial charge in [0.1, 0.15) is 0 Å². The second-order valence-electron chi connectivity index (χ2n) is 11.2. The molecule has 49 heavy (non-hydrogen) atoms. The first-order valence-corrected chi connectivity index (χ1v) is 15.5. The molecule has 1 radical (unpaired) electrons. The standard InChI is InChI=1S/C25H26ClN2O3.C10H8F2N3O2.Mn/c1-16-6-3-4-7-18(16)19-8-5-9-20(24(19)26)21-11-10-17(25(28-21)30-2)14-27-22-12-13-31-15-23(22)29;1-14-7-3-6(8(11)12)13-4-5(7)9(16)15(2)10(14)17;/h3-5,7-11,22-23,27,29H,12-15H2,1-2H3;3,8H,1-2H3;/q2*-1;+2/t22-,23+;;/m1../s1. The van der Waals surface area contributed by atoms with E-state index in [9.17, 15) is 23.5 Å². The van der Waals surface area contributed by atoms with Gasteiger partial charge in [0.2, 0.25) is 12.3 Å². The van der Waals surface area contributed by atoms with Crippen LogP contribution in [0, 0.1) is 19.2 Å². The van der Waals surface area contributed by atoms with E-state index in [2.05, 4.69) is 22.6 Å². The molecule has 0 aliphatic carbocycles. The van der Waals surface area contributed by atoms with Crippen molar-refractivity contribution in [2.75, 3.05) is 20.3 Å². The minimum absolute atomic E-state index is 0. The molecule has 257 valence electrons. The number of ether oxygens (including phenoxy) is 2. The van der Waals surface area contributed by atoms with Crippen molar-refractivity contribution >= 4 is 22.5 Å². The first-order chi connectivity index (χ1) is 23.0. The van der Waals surface area contributed by atoms with Crippen LogP contribution in [-0.4, -0.2) is 56.7 Å². The van der Waals surface area contributed by atoms with Gasteiger partial charge in [-0.1, -0.05) is 54.4 Å². The van der Waals surface area contributed by atoms with Gasteiger partial charge in [0, 0.05) is 55.1 Å². The monoisotopic (exact) mass is 732 g/mol. The van der Waals surface area contributed by atoms with Crippen LogP contribution in [0.3, 0.4) is 0 Å². The van der Waals surface area contributed by atoms with Gasteiger partial charge < -0.3 is 38.8 Å². The molecule has 2 atom stereocenters. The smallest absolute Gasteiger partial charge is 0.481 e. The van der Waals surface area contributed by atoms with E-state index in [-0.39, 0.29) is 34.0 Å². The molecule has 6 rings (SSSR count). The second kappa shape index (κ2) is 16.6. The van der Waals surface area contributed by atoms with Crippen molar-refractivity contribution in [3.8, 4) is 28.3 Å². The van der Waals surface area contributed by atoms with Crippen LogP contribution in [0.15, 0.2) is 64.2 Å². The van der Waals surface area contributed by atoms with Crippen LogP contribution in [0.5, 0.6) is 5.88 Å². The van der Waals surface area contributed by atoms with Crippen molar-refractivity contribution in [1.82, 2.24) is 24.4 Å². The van der Waals surface area contributed by atoms with Crippen LogP contribution in [-0.2, 0) is 42.4 Å². The quantitative estimate of drug-likeness (QED) is 0.181. The van der Waals surface area contributed by atoms with Crippen molar-refractivity contribution in [1.29, 1.82) is 0 Å². The Balaban J connectivity index is 0.000000255. The first-order valence-electron chi connectivity index (χ1n) is 15.1. The summed E-state index contributed by atoms with van der Waals surface area (Å²) in [6.07, 6.45) is -0.249. The number of alkyl halides is 2. The number of aryl methyl sites for hydroxylation is 2. The van der Waals surface area contributed by atoms with Gasteiger partial charge in [-0.2, -0.15) is 29.8 Å². The SMILES string of the molecule is COc1nc(-c2cccc(-c3ccc[c-]c3C)c2Cl)ccc1CN[C@@H]1CCOC[C@@H]1O.Cn1c(=O)c2[c-]nc(C(F)F)cc2n(C)c1=O.[Mn+2]. The molecule has 10 nitrogen and oxygen atoms in total. The molecule has 0 saturated carbocycles. The maximum atomic E-state index is 12.5. The summed E-state index contributed by atoms with van der Waals surface area (Å²) in [6.45, 7) is 3.58. The average molecular weight is 733 g/mol. The van der Waals surface area contributed by atoms with Crippen molar-refractivity contribution in [3.63, 3.8) is 0 Å². The molecule has 0 amide bonds. The number of halogens is 3.